The second-order valence-corrected chi connectivity index (χ2v) is 6.35. The van der Waals surface area contributed by atoms with Crippen molar-refractivity contribution in [3.8, 4) is 0 Å². The number of hydrogen-bond donors (Lipinski definition) is 2. The van der Waals surface area contributed by atoms with Crippen LogP contribution in [0.3, 0.4) is 0 Å². The molecule has 112 valence electrons. The van der Waals surface area contributed by atoms with E-state index in [4.69, 9.17) is 23.2 Å². The summed E-state index contributed by atoms with van der Waals surface area (Å²) in [4.78, 5) is 0. The summed E-state index contributed by atoms with van der Waals surface area (Å²) in [7, 11) is 0. The van der Waals surface area contributed by atoms with E-state index in [1.54, 1.807) is 0 Å². The summed E-state index contributed by atoms with van der Waals surface area (Å²) in [6, 6.07) is 2.72. The first-order valence-electron chi connectivity index (χ1n) is 7.04. The molecule has 0 bridgehead atoms. The fraction of sp³-hybridized carbons (Fsp3) is 0.600. The van der Waals surface area contributed by atoms with Crippen LogP contribution < -0.4 is 5.32 Å². The summed E-state index contributed by atoms with van der Waals surface area (Å²) in [6.07, 6.45) is 3.62. The van der Waals surface area contributed by atoms with Gasteiger partial charge in [-0.3, -0.25) is 0 Å². The second-order valence-electron chi connectivity index (χ2n) is 5.56. The van der Waals surface area contributed by atoms with Gasteiger partial charge in [0.2, 0.25) is 0 Å². The van der Waals surface area contributed by atoms with Crippen LogP contribution in [-0.2, 0) is 0 Å². The van der Waals surface area contributed by atoms with Gasteiger partial charge in [-0.1, -0.05) is 23.2 Å². The second kappa shape index (κ2) is 7.08. The molecule has 1 fully saturated rings. The topological polar surface area (TPSA) is 32.3 Å². The number of halogens is 3. The molecule has 20 heavy (non-hydrogen) atoms. The Labute approximate surface area is 129 Å². The quantitative estimate of drug-likeness (QED) is 0.809. The van der Waals surface area contributed by atoms with E-state index in [-0.39, 0.29) is 17.2 Å². The van der Waals surface area contributed by atoms with Crippen molar-refractivity contribution in [1.82, 2.24) is 5.32 Å². The van der Waals surface area contributed by atoms with E-state index in [0.717, 1.165) is 32.2 Å². The Bertz CT molecular complexity index is 461. The van der Waals surface area contributed by atoms with E-state index >= 15 is 0 Å². The van der Waals surface area contributed by atoms with Gasteiger partial charge < -0.3 is 10.4 Å². The van der Waals surface area contributed by atoms with Gasteiger partial charge in [0.25, 0.3) is 0 Å². The van der Waals surface area contributed by atoms with Crippen LogP contribution in [0.15, 0.2) is 12.1 Å². The third-order valence-corrected chi connectivity index (χ3v) is 4.76. The van der Waals surface area contributed by atoms with Crippen molar-refractivity contribution in [3.63, 3.8) is 0 Å². The fourth-order valence-electron chi connectivity index (χ4n) is 2.73. The number of rotatable bonds is 4. The molecule has 0 radical (unpaired) electrons. The van der Waals surface area contributed by atoms with E-state index in [1.807, 2.05) is 6.92 Å². The molecular formula is C15H20Cl2FNO. The first-order chi connectivity index (χ1) is 9.49. The van der Waals surface area contributed by atoms with Gasteiger partial charge in [-0.2, -0.15) is 0 Å². The molecule has 0 saturated heterocycles. The summed E-state index contributed by atoms with van der Waals surface area (Å²) >= 11 is 12.1. The molecule has 2 rings (SSSR count). The van der Waals surface area contributed by atoms with Crippen molar-refractivity contribution in [2.75, 3.05) is 6.54 Å². The fourth-order valence-corrected chi connectivity index (χ4v) is 3.43. The van der Waals surface area contributed by atoms with Crippen LogP contribution in [0.1, 0.15) is 44.2 Å². The monoisotopic (exact) mass is 319 g/mol. The summed E-state index contributed by atoms with van der Waals surface area (Å²) < 4.78 is 13.5. The smallest absolute Gasteiger partial charge is 0.142 e. The SMILES string of the molecule is CC(NCC1CCC(O)CC1)c1c(Cl)ccc(F)c1Cl. The minimum absolute atomic E-state index is 0.0940. The molecule has 1 atom stereocenters. The lowest BCUT2D eigenvalue weighted by molar-refractivity contribution is 0.108. The highest BCUT2D eigenvalue weighted by Crippen LogP contribution is 2.32. The highest BCUT2D eigenvalue weighted by atomic mass is 35.5. The molecule has 0 heterocycles. The lowest BCUT2D eigenvalue weighted by Gasteiger charge is -2.27. The van der Waals surface area contributed by atoms with E-state index in [0.29, 0.717) is 16.5 Å². The highest BCUT2D eigenvalue weighted by molar-refractivity contribution is 6.36. The van der Waals surface area contributed by atoms with Crippen molar-refractivity contribution < 1.29 is 9.50 Å². The Balaban J connectivity index is 1.95. The molecular weight excluding hydrogens is 300 g/mol. The van der Waals surface area contributed by atoms with Crippen LogP contribution in [0, 0.1) is 11.7 Å². The van der Waals surface area contributed by atoms with Crippen LogP contribution in [0.25, 0.3) is 0 Å². The van der Waals surface area contributed by atoms with E-state index in [9.17, 15) is 9.50 Å². The highest BCUT2D eigenvalue weighted by Gasteiger charge is 2.21. The molecule has 2 nitrogen and oxygen atoms in total. The van der Waals surface area contributed by atoms with Gasteiger partial charge in [-0.15, -0.1) is 0 Å². The van der Waals surface area contributed by atoms with Gasteiger partial charge in [0.1, 0.15) is 5.82 Å². The van der Waals surface area contributed by atoms with Crippen molar-refractivity contribution in [2.45, 2.75) is 44.8 Å². The molecule has 5 heteroatoms. The lowest BCUT2D eigenvalue weighted by atomic mass is 9.87. The molecule has 1 aromatic carbocycles. The minimum atomic E-state index is -0.444. The first-order valence-corrected chi connectivity index (χ1v) is 7.79. The molecule has 1 aromatic rings. The van der Waals surface area contributed by atoms with E-state index in [1.165, 1.54) is 12.1 Å². The normalized spacial score (nSPS) is 24.6. The van der Waals surface area contributed by atoms with Gasteiger partial charge in [-0.25, -0.2) is 4.39 Å². The van der Waals surface area contributed by atoms with Gasteiger partial charge >= 0.3 is 0 Å². The standard InChI is InChI=1S/C15H20Cl2FNO/c1-9(14-12(16)6-7-13(18)15(14)17)19-8-10-2-4-11(20)5-3-10/h6-7,9-11,19-20H,2-5,8H2,1H3. The number of hydrogen-bond acceptors (Lipinski definition) is 2. The molecule has 0 spiro atoms. The van der Waals surface area contributed by atoms with Gasteiger partial charge in [-0.05, 0) is 57.2 Å². The van der Waals surface area contributed by atoms with Crippen molar-refractivity contribution >= 4 is 23.2 Å². The number of aliphatic hydroxyl groups excluding tert-OH is 1. The van der Waals surface area contributed by atoms with Gasteiger partial charge in [0.15, 0.2) is 0 Å². The number of benzene rings is 1. The van der Waals surface area contributed by atoms with Crippen molar-refractivity contribution in [3.05, 3.63) is 33.6 Å². The first kappa shape index (κ1) is 16.0. The molecule has 1 saturated carbocycles. The summed E-state index contributed by atoms with van der Waals surface area (Å²) in [5, 5.41) is 13.4. The molecule has 0 amide bonds. The Kier molecular flexibility index (Phi) is 5.67. The third kappa shape index (κ3) is 3.85. The summed E-state index contributed by atoms with van der Waals surface area (Å²) in [5.74, 6) is 0.104. The lowest BCUT2D eigenvalue weighted by Crippen LogP contribution is -2.30. The largest absolute Gasteiger partial charge is 0.393 e. The van der Waals surface area contributed by atoms with Crippen LogP contribution in [0.4, 0.5) is 4.39 Å². The summed E-state index contributed by atoms with van der Waals surface area (Å²) in [6.45, 7) is 2.77. The molecule has 0 aliphatic heterocycles. The van der Waals surface area contributed by atoms with E-state index in [2.05, 4.69) is 5.32 Å². The van der Waals surface area contributed by atoms with Crippen molar-refractivity contribution in [2.24, 2.45) is 5.92 Å². The number of aliphatic hydroxyl groups is 1. The Morgan fingerprint density at radius 1 is 1.30 bits per heavy atom. The third-order valence-electron chi connectivity index (χ3n) is 4.04. The predicted octanol–water partition coefficient (Wildman–Crippen LogP) is 4.33. The molecule has 1 unspecified atom stereocenters. The van der Waals surface area contributed by atoms with E-state index < -0.39 is 5.82 Å². The van der Waals surface area contributed by atoms with Gasteiger partial charge in [0, 0.05) is 16.6 Å². The maximum Gasteiger partial charge on any atom is 0.142 e. The van der Waals surface area contributed by atoms with Crippen LogP contribution in [0.2, 0.25) is 10.0 Å². The average Bonchev–Trinajstić information content (AvgIpc) is 2.43. The molecule has 1 aliphatic rings. The Morgan fingerprint density at radius 3 is 2.60 bits per heavy atom. The summed E-state index contributed by atoms with van der Waals surface area (Å²) in [5.41, 5.74) is 0.615. The number of nitrogens with one attached hydrogen (secondary N) is 1. The van der Waals surface area contributed by atoms with Crippen LogP contribution >= 0.6 is 23.2 Å². The maximum atomic E-state index is 13.5. The average molecular weight is 320 g/mol. The predicted molar refractivity (Wildman–Crippen MR) is 80.8 cm³/mol. The Morgan fingerprint density at radius 2 is 1.95 bits per heavy atom. The zero-order valence-electron chi connectivity index (χ0n) is 11.5. The molecule has 0 aromatic heterocycles. The molecule has 2 N–H and O–H groups in total. The van der Waals surface area contributed by atoms with Gasteiger partial charge in [0.05, 0.1) is 11.1 Å². The Hall–Kier alpha value is -0.350. The van der Waals surface area contributed by atoms with Crippen LogP contribution in [-0.4, -0.2) is 17.8 Å². The zero-order valence-corrected chi connectivity index (χ0v) is 13.0. The maximum absolute atomic E-state index is 13.5. The minimum Gasteiger partial charge on any atom is -0.393 e. The van der Waals surface area contributed by atoms with Crippen LogP contribution in [0.5, 0.6) is 0 Å². The molecule has 1 aliphatic carbocycles. The van der Waals surface area contributed by atoms with Crippen molar-refractivity contribution in [1.29, 1.82) is 0 Å². The zero-order chi connectivity index (χ0) is 14.7.